The van der Waals surface area contributed by atoms with Crippen molar-refractivity contribution >= 4 is 5.97 Å². The molecule has 1 aromatic rings. The Kier molecular flexibility index (Phi) is 3.99. The fourth-order valence-corrected chi connectivity index (χ4v) is 0.958. The topological polar surface area (TPSA) is 46.5 Å². The van der Waals surface area contributed by atoms with Gasteiger partial charge in [-0.2, -0.15) is 0 Å². The second-order valence-corrected chi connectivity index (χ2v) is 3.05. The molecule has 0 fully saturated rings. The standard InChI is InChI=1S/C11H10F2O3/c1-7(11(14)15)5-6-16-10-8(12)3-2-4-9(10)13/h2-5H,6H2,1H3,(H,14,15)/b7-5-. The third-order valence-corrected chi connectivity index (χ3v) is 1.87. The first-order valence-corrected chi connectivity index (χ1v) is 4.49. The summed E-state index contributed by atoms with van der Waals surface area (Å²) in [5, 5.41) is 8.52. The predicted octanol–water partition coefficient (Wildman–Crippen LogP) is 2.37. The summed E-state index contributed by atoms with van der Waals surface area (Å²) in [6, 6.07) is 3.34. The first-order valence-electron chi connectivity index (χ1n) is 4.49. The molecule has 1 aromatic carbocycles. The van der Waals surface area contributed by atoms with Gasteiger partial charge in [-0.3, -0.25) is 0 Å². The Labute approximate surface area is 91.0 Å². The summed E-state index contributed by atoms with van der Waals surface area (Å²) >= 11 is 0. The van der Waals surface area contributed by atoms with Gasteiger partial charge in [-0.15, -0.1) is 0 Å². The largest absolute Gasteiger partial charge is 0.483 e. The van der Waals surface area contributed by atoms with Crippen molar-refractivity contribution in [3.63, 3.8) is 0 Å². The molecule has 0 unspecified atom stereocenters. The second kappa shape index (κ2) is 5.25. The van der Waals surface area contributed by atoms with Gasteiger partial charge in [-0.25, -0.2) is 13.6 Å². The molecule has 1 rings (SSSR count). The molecule has 0 aliphatic heterocycles. The smallest absolute Gasteiger partial charge is 0.331 e. The van der Waals surface area contributed by atoms with Crippen molar-refractivity contribution in [2.75, 3.05) is 6.61 Å². The molecule has 0 bridgehead atoms. The highest BCUT2D eigenvalue weighted by Crippen LogP contribution is 2.20. The van der Waals surface area contributed by atoms with E-state index in [0.29, 0.717) is 0 Å². The van der Waals surface area contributed by atoms with Crippen molar-refractivity contribution in [3.05, 3.63) is 41.5 Å². The Morgan fingerprint density at radius 3 is 2.50 bits per heavy atom. The van der Waals surface area contributed by atoms with Crippen LogP contribution < -0.4 is 4.74 Å². The van der Waals surface area contributed by atoms with E-state index in [1.54, 1.807) is 0 Å². The first kappa shape index (κ1) is 12.2. The highest BCUT2D eigenvalue weighted by Gasteiger charge is 2.08. The van der Waals surface area contributed by atoms with Crippen LogP contribution in [0.2, 0.25) is 0 Å². The van der Waals surface area contributed by atoms with E-state index in [1.807, 2.05) is 0 Å². The van der Waals surface area contributed by atoms with Crippen LogP contribution in [0.25, 0.3) is 0 Å². The fraction of sp³-hybridized carbons (Fsp3) is 0.182. The van der Waals surface area contributed by atoms with Crippen LogP contribution in [0, 0.1) is 11.6 Å². The number of carboxylic acids is 1. The number of carbonyl (C=O) groups is 1. The molecule has 0 saturated heterocycles. The van der Waals surface area contributed by atoms with Crippen LogP contribution in [0.1, 0.15) is 6.92 Å². The minimum Gasteiger partial charge on any atom is -0.483 e. The highest BCUT2D eigenvalue weighted by atomic mass is 19.1. The summed E-state index contributed by atoms with van der Waals surface area (Å²) in [6.45, 7) is 1.17. The molecule has 0 atom stereocenters. The van der Waals surface area contributed by atoms with E-state index in [9.17, 15) is 13.6 Å². The zero-order chi connectivity index (χ0) is 12.1. The van der Waals surface area contributed by atoms with Gasteiger partial charge < -0.3 is 9.84 Å². The summed E-state index contributed by atoms with van der Waals surface area (Å²) in [7, 11) is 0. The Bertz CT molecular complexity index is 407. The Morgan fingerprint density at radius 1 is 1.44 bits per heavy atom. The Balaban J connectivity index is 2.69. The average molecular weight is 228 g/mol. The number of carboxylic acid groups (broad SMARTS) is 1. The van der Waals surface area contributed by atoms with Crippen molar-refractivity contribution in [1.82, 2.24) is 0 Å². The molecule has 0 aromatic heterocycles. The molecule has 0 heterocycles. The second-order valence-electron chi connectivity index (χ2n) is 3.05. The monoisotopic (exact) mass is 228 g/mol. The van der Waals surface area contributed by atoms with Gasteiger partial charge in [0, 0.05) is 5.57 Å². The average Bonchev–Trinajstić information content (AvgIpc) is 2.22. The maximum Gasteiger partial charge on any atom is 0.331 e. The molecule has 16 heavy (non-hydrogen) atoms. The van der Waals surface area contributed by atoms with E-state index in [1.165, 1.54) is 19.1 Å². The molecule has 0 spiro atoms. The van der Waals surface area contributed by atoms with E-state index in [2.05, 4.69) is 0 Å². The van der Waals surface area contributed by atoms with Crippen LogP contribution in [0.4, 0.5) is 8.78 Å². The number of benzene rings is 1. The molecule has 3 nitrogen and oxygen atoms in total. The summed E-state index contributed by atoms with van der Waals surface area (Å²) in [5.41, 5.74) is 0.0525. The van der Waals surface area contributed by atoms with E-state index < -0.39 is 23.4 Å². The number of halogens is 2. The van der Waals surface area contributed by atoms with Gasteiger partial charge in [-0.05, 0) is 25.1 Å². The molecule has 0 radical (unpaired) electrons. The lowest BCUT2D eigenvalue weighted by Gasteiger charge is -2.05. The predicted molar refractivity (Wildman–Crippen MR) is 53.2 cm³/mol. The summed E-state index contributed by atoms with van der Waals surface area (Å²) in [5.74, 6) is -3.24. The van der Waals surface area contributed by atoms with Gasteiger partial charge >= 0.3 is 5.97 Å². The molecule has 5 heteroatoms. The lowest BCUT2D eigenvalue weighted by molar-refractivity contribution is -0.132. The lowest BCUT2D eigenvalue weighted by atomic mass is 10.3. The SMILES string of the molecule is C/C(=C/COc1c(F)cccc1F)C(=O)O. The van der Waals surface area contributed by atoms with Crippen LogP contribution in [0.5, 0.6) is 5.75 Å². The molecular weight excluding hydrogens is 218 g/mol. The normalized spacial score (nSPS) is 11.3. The molecule has 0 aliphatic rings. The van der Waals surface area contributed by atoms with E-state index >= 15 is 0 Å². The third-order valence-electron chi connectivity index (χ3n) is 1.87. The molecule has 0 amide bonds. The molecular formula is C11H10F2O3. The molecule has 0 saturated carbocycles. The number of para-hydroxylation sites is 1. The number of hydrogen-bond acceptors (Lipinski definition) is 2. The third kappa shape index (κ3) is 3.05. The number of rotatable bonds is 4. The van der Waals surface area contributed by atoms with Crippen LogP contribution >= 0.6 is 0 Å². The van der Waals surface area contributed by atoms with E-state index in [0.717, 1.165) is 12.1 Å². The van der Waals surface area contributed by atoms with E-state index in [4.69, 9.17) is 9.84 Å². The maximum atomic E-state index is 13.0. The zero-order valence-electron chi connectivity index (χ0n) is 8.54. The van der Waals surface area contributed by atoms with Crippen LogP contribution in [-0.2, 0) is 4.79 Å². The highest BCUT2D eigenvalue weighted by molar-refractivity contribution is 5.85. The van der Waals surface area contributed by atoms with Gasteiger partial charge in [-0.1, -0.05) is 6.07 Å². The summed E-state index contributed by atoms with van der Waals surface area (Å²) in [4.78, 5) is 10.4. The van der Waals surface area contributed by atoms with E-state index in [-0.39, 0.29) is 12.2 Å². The number of aliphatic carboxylic acids is 1. The summed E-state index contributed by atoms with van der Waals surface area (Å²) in [6.07, 6.45) is 1.23. The van der Waals surface area contributed by atoms with Crippen LogP contribution in [0.15, 0.2) is 29.8 Å². The maximum absolute atomic E-state index is 13.0. The van der Waals surface area contributed by atoms with Crippen molar-refractivity contribution < 1.29 is 23.4 Å². The number of hydrogen-bond donors (Lipinski definition) is 1. The molecule has 1 N–H and O–H groups in total. The molecule has 0 aliphatic carbocycles. The van der Waals surface area contributed by atoms with Gasteiger partial charge in [0.25, 0.3) is 0 Å². The quantitative estimate of drug-likeness (QED) is 0.805. The lowest BCUT2D eigenvalue weighted by Crippen LogP contribution is -2.02. The minimum absolute atomic E-state index is 0.0525. The number of ether oxygens (including phenoxy) is 1. The van der Waals surface area contributed by atoms with Crippen LogP contribution in [-0.4, -0.2) is 17.7 Å². The Hall–Kier alpha value is -1.91. The van der Waals surface area contributed by atoms with Crippen molar-refractivity contribution in [2.45, 2.75) is 6.92 Å². The van der Waals surface area contributed by atoms with Crippen LogP contribution in [0.3, 0.4) is 0 Å². The van der Waals surface area contributed by atoms with Crippen molar-refractivity contribution in [3.8, 4) is 5.75 Å². The van der Waals surface area contributed by atoms with Gasteiger partial charge in [0.15, 0.2) is 17.4 Å². The fourth-order valence-electron chi connectivity index (χ4n) is 0.958. The molecule has 86 valence electrons. The zero-order valence-corrected chi connectivity index (χ0v) is 8.54. The van der Waals surface area contributed by atoms with Crippen molar-refractivity contribution in [2.24, 2.45) is 0 Å². The summed E-state index contributed by atoms with van der Waals surface area (Å²) < 4.78 is 30.9. The first-order chi connectivity index (χ1) is 7.52. The van der Waals surface area contributed by atoms with Gasteiger partial charge in [0.2, 0.25) is 0 Å². The Morgan fingerprint density at radius 2 is 2.00 bits per heavy atom. The van der Waals surface area contributed by atoms with Gasteiger partial charge in [0.1, 0.15) is 6.61 Å². The van der Waals surface area contributed by atoms with Crippen molar-refractivity contribution in [1.29, 1.82) is 0 Å². The minimum atomic E-state index is -1.10. The van der Waals surface area contributed by atoms with Gasteiger partial charge in [0.05, 0.1) is 0 Å².